The van der Waals surface area contributed by atoms with Gasteiger partial charge in [0.25, 0.3) is 0 Å². The molecule has 0 fully saturated rings. The Bertz CT molecular complexity index is 908. The molecule has 6 heteroatoms. The Balaban J connectivity index is 1.51. The minimum absolute atomic E-state index is 0.253. The van der Waals surface area contributed by atoms with Gasteiger partial charge in [-0.05, 0) is 47.5 Å². The van der Waals surface area contributed by atoms with Crippen LogP contribution in [0.5, 0.6) is 5.75 Å². The number of urea groups is 1. The number of nitrogens with one attached hydrogen (secondary N) is 2. The summed E-state index contributed by atoms with van der Waals surface area (Å²) >= 11 is 0. The molecule has 2 N–H and O–H groups in total. The van der Waals surface area contributed by atoms with Crippen LogP contribution in [0.3, 0.4) is 0 Å². The van der Waals surface area contributed by atoms with Crippen molar-refractivity contribution in [3.63, 3.8) is 0 Å². The highest BCUT2D eigenvalue weighted by molar-refractivity contribution is 5.73. The second-order valence-electron chi connectivity index (χ2n) is 6.15. The molecule has 0 atom stereocenters. The zero-order valence-corrected chi connectivity index (χ0v) is 15.1. The number of benzene rings is 2. The van der Waals surface area contributed by atoms with E-state index in [1.165, 1.54) is 12.1 Å². The third-order valence-corrected chi connectivity index (χ3v) is 4.18. The number of carbonyl (C=O) groups excluding carboxylic acids is 1. The van der Waals surface area contributed by atoms with Crippen LogP contribution in [-0.2, 0) is 19.6 Å². The number of hydrogen-bond donors (Lipinski definition) is 2. The van der Waals surface area contributed by atoms with Gasteiger partial charge in [-0.15, -0.1) is 0 Å². The van der Waals surface area contributed by atoms with Gasteiger partial charge in [-0.1, -0.05) is 24.3 Å². The molecule has 140 valence electrons. The molecule has 2 amide bonds. The van der Waals surface area contributed by atoms with E-state index in [0.717, 1.165) is 22.6 Å². The van der Waals surface area contributed by atoms with E-state index in [4.69, 9.17) is 4.74 Å². The fourth-order valence-electron chi connectivity index (χ4n) is 2.79. The standard InChI is InChI=1S/C21H22FN3O2/c1-27-20-9-3-5-16(12-20)13-23-21(26)24-14-19-8-4-10-25(19)15-17-6-2-7-18(22)11-17/h2-12H,13-15H2,1H3,(H2,23,24,26). The largest absolute Gasteiger partial charge is 0.497 e. The van der Waals surface area contributed by atoms with Crippen LogP contribution in [0, 0.1) is 5.82 Å². The summed E-state index contributed by atoms with van der Waals surface area (Å²) in [6.07, 6.45) is 1.91. The third kappa shape index (κ3) is 5.34. The summed E-state index contributed by atoms with van der Waals surface area (Å²) in [7, 11) is 1.61. The fourth-order valence-corrected chi connectivity index (χ4v) is 2.79. The average molecular weight is 367 g/mol. The van der Waals surface area contributed by atoms with E-state index >= 15 is 0 Å². The minimum atomic E-state index is -0.253. The summed E-state index contributed by atoms with van der Waals surface area (Å²) in [6.45, 7) is 1.34. The molecule has 0 unspecified atom stereocenters. The normalized spacial score (nSPS) is 10.4. The first-order valence-electron chi connectivity index (χ1n) is 8.67. The van der Waals surface area contributed by atoms with Gasteiger partial charge in [0.05, 0.1) is 13.7 Å². The van der Waals surface area contributed by atoms with Crippen LogP contribution in [0.2, 0.25) is 0 Å². The number of nitrogens with zero attached hydrogens (tertiary/aromatic N) is 1. The molecule has 27 heavy (non-hydrogen) atoms. The van der Waals surface area contributed by atoms with E-state index in [2.05, 4.69) is 10.6 Å². The van der Waals surface area contributed by atoms with Crippen LogP contribution < -0.4 is 15.4 Å². The number of halogens is 1. The van der Waals surface area contributed by atoms with E-state index in [1.807, 2.05) is 53.2 Å². The molecule has 1 aromatic heterocycles. The first kappa shape index (κ1) is 18.5. The Kier molecular flexibility index (Phi) is 6.10. The van der Waals surface area contributed by atoms with Gasteiger partial charge in [-0.3, -0.25) is 0 Å². The van der Waals surface area contributed by atoms with Crippen molar-refractivity contribution in [3.05, 3.63) is 89.5 Å². The van der Waals surface area contributed by atoms with Crippen LogP contribution in [0.25, 0.3) is 0 Å². The average Bonchev–Trinajstić information content (AvgIpc) is 3.12. The molecule has 3 rings (SSSR count). The SMILES string of the molecule is COc1cccc(CNC(=O)NCc2cccn2Cc2cccc(F)c2)c1. The molecule has 0 bridgehead atoms. The first-order valence-corrected chi connectivity index (χ1v) is 8.67. The van der Waals surface area contributed by atoms with Crippen LogP contribution in [-0.4, -0.2) is 17.7 Å². The van der Waals surface area contributed by atoms with Gasteiger partial charge in [0.15, 0.2) is 0 Å². The predicted molar refractivity (Wildman–Crippen MR) is 102 cm³/mol. The number of hydrogen-bond acceptors (Lipinski definition) is 2. The van der Waals surface area contributed by atoms with Gasteiger partial charge >= 0.3 is 6.03 Å². The maximum absolute atomic E-state index is 13.3. The lowest BCUT2D eigenvalue weighted by Gasteiger charge is -2.12. The molecule has 1 heterocycles. The number of aromatic nitrogens is 1. The van der Waals surface area contributed by atoms with Crippen molar-refractivity contribution in [3.8, 4) is 5.75 Å². The van der Waals surface area contributed by atoms with Crippen molar-refractivity contribution < 1.29 is 13.9 Å². The van der Waals surface area contributed by atoms with Crippen LogP contribution >= 0.6 is 0 Å². The number of rotatable bonds is 7. The Labute approximate surface area is 157 Å². The van der Waals surface area contributed by atoms with Gasteiger partial charge in [-0.25, -0.2) is 9.18 Å². The Morgan fingerprint density at radius 3 is 2.59 bits per heavy atom. The van der Waals surface area contributed by atoms with E-state index < -0.39 is 0 Å². The second-order valence-corrected chi connectivity index (χ2v) is 6.15. The van der Waals surface area contributed by atoms with Crippen molar-refractivity contribution >= 4 is 6.03 Å². The fraction of sp³-hybridized carbons (Fsp3) is 0.190. The molecule has 5 nitrogen and oxygen atoms in total. The molecule has 0 saturated carbocycles. The minimum Gasteiger partial charge on any atom is -0.497 e. The van der Waals surface area contributed by atoms with Crippen molar-refractivity contribution in [2.75, 3.05) is 7.11 Å². The maximum Gasteiger partial charge on any atom is 0.315 e. The van der Waals surface area contributed by atoms with Crippen LogP contribution in [0.15, 0.2) is 66.9 Å². The quantitative estimate of drug-likeness (QED) is 0.669. The summed E-state index contributed by atoms with van der Waals surface area (Å²) in [5.41, 5.74) is 2.77. The Morgan fingerprint density at radius 2 is 1.78 bits per heavy atom. The molecule has 0 spiro atoms. The summed E-state index contributed by atoms with van der Waals surface area (Å²) in [5.74, 6) is 0.501. The van der Waals surface area contributed by atoms with Crippen molar-refractivity contribution in [2.24, 2.45) is 0 Å². The zero-order valence-electron chi connectivity index (χ0n) is 15.1. The monoisotopic (exact) mass is 367 g/mol. The van der Waals surface area contributed by atoms with Crippen molar-refractivity contribution in [1.29, 1.82) is 0 Å². The Morgan fingerprint density at radius 1 is 1.00 bits per heavy atom. The van der Waals surface area contributed by atoms with Gasteiger partial charge in [-0.2, -0.15) is 0 Å². The topological polar surface area (TPSA) is 55.3 Å². The molecule has 0 aliphatic carbocycles. The number of methoxy groups -OCH3 is 1. The molecule has 3 aromatic rings. The molecule has 0 aliphatic rings. The van der Waals surface area contributed by atoms with Crippen LogP contribution in [0.1, 0.15) is 16.8 Å². The first-order chi connectivity index (χ1) is 13.1. The molecule has 0 aliphatic heterocycles. The Hall–Kier alpha value is -3.28. The smallest absolute Gasteiger partial charge is 0.315 e. The highest BCUT2D eigenvalue weighted by atomic mass is 19.1. The van der Waals surface area contributed by atoms with E-state index in [1.54, 1.807) is 13.2 Å². The van der Waals surface area contributed by atoms with Gasteiger partial charge in [0, 0.05) is 25.0 Å². The lowest BCUT2D eigenvalue weighted by Crippen LogP contribution is -2.35. The van der Waals surface area contributed by atoms with Crippen LogP contribution in [0.4, 0.5) is 9.18 Å². The van der Waals surface area contributed by atoms with Crippen molar-refractivity contribution in [2.45, 2.75) is 19.6 Å². The predicted octanol–water partition coefficient (Wildman–Crippen LogP) is 3.68. The van der Waals surface area contributed by atoms with E-state index in [9.17, 15) is 9.18 Å². The second kappa shape index (κ2) is 8.89. The van der Waals surface area contributed by atoms with Gasteiger partial charge in [0.2, 0.25) is 0 Å². The molecule has 2 aromatic carbocycles. The number of carbonyl (C=O) groups is 1. The lowest BCUT2D eigenvalue weighted by atomic mass is 10.2. The molecule has 0 radical (unpaired) electrons. The summed E-state index contributed by atoms with van der Waals surface area (Å²) in [5, 5.41) is 5.67. The summed E-state index contributed by atoms with van der Waals surface area (Å²) < 4.78 is 20.5. The van der Waals surface area contributed by atoms with Crippen molar-refractivity contribution in [1.82, 2.24) is 15.2 Å². The summed E-state index contributed by atoms with van der Waals surface area (Å²) in [4.78, 5) is 12.1. The van der Waals surface area contributed by atoms with Gasteiger partial charge < -0.3 is 19.9 Å². The molecular formula is C21H22FN3O2. The van der Waals surface area contributed by atoms with E-state index in [-0.39, 0.29) is 11.8 Å². The highest BCUT2D eigenvalue weighted by Gasteiger charge is 2.06. The number of ether oxygens (including phenoxy) is 1. The lowest BCUT2D eigenvalue weighted by molar-refractivity contribution is 0.240. The number of amides is 2. The highest BCUT2D eigenvalue weighted by Crippen LogP contribution is 2.12. The zero-order chi connectivity index (χ0) is 19.1. The summed E-state index contributed by atoms with van der Waals surface area (Å²) in [6, 6.07) is 17.6. The van der Waals surface area contributed by atoms with Gasteiger partial charge in [0.1, 0.15) is 11.6 Å². The maximum atomic E-state index is 13.3. The third-order valence-electron chi connectivity index (χ3n) is 4.18. The molecular weight excluding hydrogens is 345 g/mol. The van der Waals surface area contributed by atoms with E-state index in [0.29, 0.717) is 19.6 Å². The molecule has 0 saturated heterocycles.